The number of hydrogen-bond donors (Lipinski definition) is 3. The van der Waals surface area contributed by atoms with E-state index in [9.17, 15) is 14.4 Å². The average molecular weight is 278 g/mol. The molecule has 1 aromatic rings. The Hall–Kier alpha value is -2.37. The van der Waals surface area contributed by atoms with E-state index in [0.29, 0.717) is 12.1 Å². The molecule has 0 aliphatic heterocycles. The molecule has 3 N–H and O–H groups in total. The Bertz CT molecular complexity index is 496. The molecule has 0 aromatic heterocycles. The van der Waals surface area contributed by atoms with Crippen LogP contribution < -0.4 is 10.6 Å². The summed E-state index contributed by atoms with van der Waals surface area (Å²) >= 11 is 0. The summed E-state index contributed by atoms with van der Waals surface area (Å²) in [5.74, 6) is -1.55. The molecule has 1 unspecified atom stereocenters. The van der Waals surface area contributed by atoms with Crippen molar-refractivity contribution in [2.45, 2.75) is 32.7 Å². The van der Waals surface area contributed by atoms with Crippen LogP contribution in [0.15, 0.2) is 24.3 Å². The van der Waals surface area contributed by atoms with Gasteiger partial charge in [0.2, 0.25) is 11.8 Å². The molecule has 0 spiro atoms. The fourth-order valence-corrected chi connectivity index (χ4v) is 1.68. The predicted molar refractivity (Wildman–Crippen MR) is 74.3 cm³/mol. The first-order valence-electron chi connectivity index (χ1n) is 6.31. The van der Waals surface area contributed by atoms with Crippen LogP contribution in [0.3, 0.4) is 0 Å². The van der Waals surface area contributed by atoms with E-state index in [2.05, 4.69) is 10.6 Å². The summed E-state index contributed by atoms with van der Waals surface area (Å²) in [6.07, 6.45) is 0.437. The van der Waals surface area contributed by atoms with Crippen molar-refractivity contribution < 1.29 is 19.5 Å². The molecule has 0 fully saturated rings. The number of carboxylic acid groups (broad SMARTS) is 1. The largest absolute Gasteiger partial charge is 0.480 e. The van der Waals surface area contributed by atoms with E-state index in [1.165, 1.54) is 6.92 Å². The summed E-state index contributed by atoms with van der Waals surface area (Å²) in [5, 5.41) is 13.9. The maximum absolute atomic E-state index is 11.7. The lowest BCUT2D eigenvalue weighted by Crippen LogP contribution is -2.40. The van der Waals surface area contributed by atoms with E-state index in [-0.39, 0.29) is 18.2 Å². The van der Waals surface area contributed by atoms with Gasteiger partial charge < -0.3 is 15.7 Å². The minimum Gasteiger partial charge on any atom is -0.480 e. The molecule has 0 heterocycles. The molecule has 2 amide bonds. The summed E-state index contributed by atoms with van der Waals surface area (Å²) < 4.78 is 0. The van der Waals surface area contributed by atoms with Crippen LogP contribution in [0, 0.1) is 0 Å². The number of nitrogens with one attached hydrogen (secondary N) is 2. The van der Waals surface area contributed by atoms with Gasteiger partial charge in [-0.25, -0.2) is 4.79 Å². The van der Waals surface area contributed by atoms with Crippen molar-refractivity contribution in [1.82, 2.24) is 5.32 Å². The van der Waals surface area contributed by atoms with Crippen molar-refractivity contribution in [2.75, 3.05) is 5.32 Å². The van der Waals surface area contributed by atoms with Gasteiger partial charge in [0, 0.05) is 12.6 Å². The summed E-state index contributed by atoms with van der Waals surface area (Å²) in [6, 6.07) is 5.96. The Balaban J connectivity index is 2.58. The van der Waals surface area contributed by atoms with Crippen molar-refractivity contribution in [3.63, 3.8) is 0 Å². The minimum atomic E-state index is -1.04. The van der Waals surface area contributed by atoms with Crippen LogP contribution >= 0.6 is 0 Å². The maximum Gasteiger partial charge on any atom is 0.326 e. The SMILES string of the molecule is CCC(NC(=O)Cc1ccc(NC(C)=O)cc1)C(=O)O. The standard InChI is InChI=1S/C14H18N2O4/c1-3-12(14(19)20)16-13(18)8-10-4-6-11(7-5-10)15-9(2)17/h4-7,12H,3,8H2,1-2H3,(H,15,17)(H,16,18)(H,19,20). The second-order valence-corrected chi connectivity index (χ2v) is 4.42. The molecule has 0 aliphatic rings. The first-order valence-corrected chi connectivity index (χ1v) is 6.31. The predicted octanol–water partition coefficient (Wildman–Crippen LogP) is 1.17. The van der Waals surface area contributed by atoms with Crippen molar-refractivity contribution in [3.05, 3.63) is 29.8 Å². The van der Waals surface area contributed by atoms with E-state index >= 15 is 0 Å². The first-order chi connectivity index (χ1) is 9.42. The number of hydrogen-bond acceptors (Lipinski definition) is 3. The van der Waals surface area contributed by atoms with Crippen molar-refractivity contribution >= 4 is 23.5 Å². The minimum absolute atomic E-state index is 0.101. The Morgan fingerprint density at radius 2 is 1.80 bits per heavy atom. The highest BCUT2D eigenvalue weighted by Crippen LogP contribution is 2.10. The third-order valence-corrected chi connectivity index (χ3v) is 2.68. The number of benzene rings is 1. The molecular formula is C14H18N2O4. The molecule has 1 aromatic carbocycles. The van der Waals surface area contributed by atoms with Gasteiger partial charge in [-0.1, -0.05) is 19.1 Å². The van der Waals surface area contributed by atoms with Crippen LogP contribution in [0.5, 0.6) is 0 Å². The van der Waals surface area contributed by atoms with Gasteiger partial charge in [0.1, 0.15) is 6.04 Å². The number of aliphatic carboxylic acids is 1. The summed E-state index contributed by atoms with van der Waals surface area (Å²) in [4.78, 5) is 33.4. The van der Waals surface area contributed by atoms with Gasteiger partial charge in [-0.2, -0.15) is 0 Å². The Morgan fingerprint density at radius 3 is 2.25 bits per heavy atom. The van der Waals surface area contributed by atoms with E-state index < -0.39 is 12.0 Å². The zero-order chi connectivity index (χ0) is 15.1. The Labute approximate surface area is 117 Å². The van der Waals surface area contributed by atoms with Crippen LogP contribution in [0.4, 0.5) is 5.69 Å². The van der Waals surface area contributed by atoms with Gasteiger partial charge in [0.15, 0.2) is 0 Å². The van der Waals surface area contributed by atoms with Crippen LogP contribution in [-0.4, -0.2) is 28.9 Å². The number of anilines is 1. The second kappa shape index (κ2) is 7.28. The average Bonchev–Trinajstić information content (AvgIpc) is 2.37. The molecule has 0 aliphatic carbocycles. The van der Waals surface area contributed by atoms with Gasteiger partial charge in [0.25, 0.3) is 0 Å². The normalized spacial score (nSPS) is 11.5. The molecule has 0 bridgehead atoms. The highest BCUT2D eigenvalue weighted by Gasteiger charge is 2.17. The maximum atomic E-state index is 11.7. The van der Waals surface area contributed by atoms with E-state index in [4.69, 9.17) is 5.11 Å². The third-order valence-electron chi connectivity index (χ3n) is 2.68. The molecule has 0 saturated heterocycles. The van der Waals surface area contributed by atoms with Crippen molar-refractivity contribution in [3.8, 4) is 0 Å². The first kappa shape index (κ1) is 15.7. The second-order valence-electron chi connectivity index (χ2n) is 4.42. The molecule has 0 saturated carbocycles. The third kappa shape index (κ3) is 5.09. The molecule has 108 valence electrons. The molecular weight excluding hydrogens is 260 g/mol. The Morgan fingerprint density at radius 1 is 1.20 bits per heavy atom. The molecule has 1 rings (SSSR count). The fourth-order valence-electron chi connectivity index (χ4n) is 1.68. The number of carbonyl (C=O) groups excluding carboxylic acids is 2. The van der Waals surface area contributed by atoms with Crippen LogP contribution in [0.2, 0.25) is 0 Å². The van der Waals surface area contributed by atoms with Crippen molar-refractivity contribution in [1.29, 1.82) is 0 Å². The zero-order valence-electron chi connectivity index (χ0n) is 11.5. The number of carbonyl (C=O) groups is 3. The summed E-state index contributed by atoms with van der Waals surface area (Å²) in [6.45, 7) is 3.11. The van der Waals surface area contributed by atoms with Crippen LogP contribution in [-0.2, 0) is 20.8 Å². The summed E-state index contributed by atoms with van der Waals surface area (Å²) in [5.41, 5.74) is 1.40. The number of amides is 2. The smallest absolute Gasteiger partial charge is 0.326 e. The van der Waals surface area contributed by atoms with Crippen LogP contribution in [0.1, 0.15) is 25.8 Å². The van der Waals surface area contributed by atoms with Gasteiger partial charge in [-0.15, -0.1) is 0 Å². The molecule has 20 heavy (non-hydrogen) atoms. The van der Waals surface area contributed by atoms with Crippen LogP contribution in [0.25, 0.3) is 0 Å². The fraction of sp³-hybridized carbons (Fsp3) is 0.357. The van der Waals surface area contributed by atoms with E-state index in [1.807, 2.05) is 0 Å². The van der Waals surface area contributed by atoms with Crippen molar-refractivity contribution in [2.24, 2.45) is 0 Å². The zero-order valence-corrected chi connectivity index (χ0v) is 11.5. The lowest BCUT2D eigenvalue weighted by atomic mass is 10.1. The molecule has 6 nitrogen and oxygen atoms in total. The van der Waals surface area contributed by atoms with E-state index in [1.54, 1.807) is 31.2 Å². The molecule has 1 atom stereocenters. The van der Waals surface area contributed by atoms with Gasteiger partial charge in [0.05, 0.1) is 6.42 Å². The molecule has 0 radical (unpaired) electrons. The van der Waals surface area contributed by atoms with E-state index in [0.717, 1.165) is 5.56 Å². The highest BCUT2D eigenvalue weighted by molar-refractivity contribution is 5.89. The summed E-state index contributed by atoms with van der Waals surface area (Å²) in [7, 11) is 0. The van der Waals surface area contributed by atoms with Gasteiger partial charge in [-0.05, 0) is 24.1 Å². The number of carboxylic acids is 1. The monoisotopic (exact) mass is 278 g/mol. The highest BCUT2D eigenvalue weighted by atomic mass is 16.4. The Kier molecular flexibility index (Phi) is 5.71. The molecule has 6 heteroatoms. The number of rotatable bonds is 6. The topological polar surface area (TPSA) is 95.5 Å². The quantitative estimate of drug-likeness (QED) is 0.727. The lowest BCUT2D eigenvalue weighted by molar-refractivity contribution is -0.141. The van der Waals surface area contributed by atoms with Gasteiger partial charge >= 0.3 is 5.97 Å². The van der Waals surface area contributed by atoms with Gasteiger partial charge in [-0.3, -0.25) is 9.59 Å². The lowest BCUT2D eigenvalue weighted by Gasteiger charge is -2.12.